The monoisotopic (exact) mass is 258 g/mol. The minimum absolute atomic E-state index is 0.128. The average Bonchev–Trinajstić information content (AvgIpc) is 2.57. The van der Waals surface area contributed by atoms with Gasteiger partial charge in [-0.1, -0.05) is 29.4 Å². The van der Waals surface area contributed by atoms with Crippen molar-refractivity contribution in [2.45, 2.75) is 39.6 Å². The molecule has 0 spiro atoms. The lowest BCUT2D eigenvalue weighted by Gasteiger charge is -2.20. The first-order chi connectivity index (χ1) is 7.47. The van der Waals surface area contributed by atoms with E-state index in [0.29, 0.717) is 13.2 Å². The minimum Gasteiger partial charge on any atom is -0.371 e. The highest BCUT2D eigenvalue weighted by Crippen LogP contribution is 2.48. The molecular formula is C12H16ClO2P. The molecule has 1 aromatic rings. The second-order valence-corrected chi connectivity index (χ2v) is 6.96. The molecule has 1 aliphatic rings. The van der Waals surface area contributed by atoms with Crippen LogP contribution in [-0.2, 0) is 22.5 Å². The molecule has 0 amide bonds. The fourth-order valence-electron chi connectivity index (χ4n) is 1.59. The van der Waals surface area contributed by atoms with Gasteiger partial charge in [0.05, 0.1) is 18.8 Å². The van der Waals surface area contributed by atoms with Gasteiger partial charge in [-0.15, -0.1) is 0 Å². The fourth-order valence-corrected chi connectivity index (χ4v) is 3.50. The summed E-state index contributed by atoms with van der Waals surface area (Å²) in [6.07, 6.45) is 0. The van der Waals surface area contributed by atoms with Crippen molar-refractivity contribution in [3.8, 4) is 0 Å². The third-order valence-electron chi connectivity index (χ3n) is 2.37. The topological polar surface area (TPSA) is 18.5 Å². The molecule has 1 atom stereocenters. The summed E-state index contributed by atoms with van der Waals surface area (Å²) in [6, 6.07) is 6.17. The number of hydrogen-bond donors (Lipinski definition) is 0. The third-order valence-corrected chi connectivity index (χ3v) is 4.45. The number of ether oxygens (including phenoxy) is 1. The maximum absolute atomic E-state index is 6.18. The highest BCUT2D eigenvalue weighted by atomic mass is 35.7. The molecule has 2 nitrogen and oxygen atoms in total. The summed E-state index contributed by atoms with van der Waals surface area (Å²) < 4.78 is 11.3. The Labute approximate surface area is 103 Å². The van der Waals surface area contributed by atoms with Crippen molar-refractivity contribution in [2.24, 2.45) is 0 Å². The number of hydrogen-bond acceptors (Lipinski definition) is 2. The fraction of sp³-hybridized carbons (Fsp3) is 0.500. The highest BCUT2D eigenvalue weighted by molar-refractivity contribution is 7.86. The molecule has 1 heterocycles. The maximum Gasteiger partial charge on any atom is 0.158 e. The minimum atomic E-state index is -0.957. The van der Waals surface area contributed by atoms with Gasteiger partial charge in [-0.2, -0.15) is 0 Å². The van der Waals surface area contributed by atoms with E-state index in [1.807, 2.05) is 6.07 Å². The van der Waals surface area contributed by atoms with E-state index in [0.717, 1.165) is 10.9 Å². The number of benzene rings is 1. The summed E-state index contributed by atoms with van der Waals surface area (Å²) in [5.41, 5.74) is 2.24. The van der Waals surface area contributed by atoms with Crippen molar-refractivity contribution >= 4 is 24.0 Å². The van der Waals surface area contributed by atoms with E-state index in [-0.39, 0.29) is 5.60 Å². The van der Waals surface area contributed by atoms with Crippen LogP contribution in [0, 0.1) is 0 Å². The molecule has 88 valence electrons. The van der Waals surface area contributed by atoms with Gasteiger partial charge in [-0.3, -0.25) is 0 Å². The first-order valence-electron chi connectivity index (χ1n) is 5.31. The SMILES string of the molecule is CC(C)(C)OCc1cccc2c1P(Cl)OC2. The van der Waals surface area contributed by atoms with Crippen LogP contribution in [-0.4, -0.2) is 5.60 Å². The maximum atomic E-state index is 6.18. The van der Waals surface area contributed by atoms with Crippen LogP contribution in [0.25, 0.3) is 0 Å². The Morgan fingerprint density at radius 2 is 2.19 bits per heavy atom. The smallest absolute Gasteiger partial charge is 0.158 e. The van der Waals surface area contributed by atoms with Gasteiger partial charge in [0.15, 0.2) is 7.50 Å². The molecule has 0 aromatic heterocycles. The van der Waals surface area contributed by atoms with Gasteiger partial charge in [0.2, 0.25) is 0 Å². The molecule has 0 fully saturated rings. The van der Waals surface area contributed by atoms with Crippen molar-refractivity contribution in [1.82, 2.24) is 0 Å². The van der Waals surface area contributed by atoms with Crippen molar-refractivity contribution in [2.75, 3.05) is 0 Å². The van der Waals surface area contributed by atoms with Gasteiger partial charge in [-0.05, 0) is 31.9 Å². The van der Waals surface area contributed by atoms with E-state index in [1.165, 1.54) is 5.56 Å². The predicted molar refractivity (Wildman–Crippen MR) is 68.2 cm³/mol. The van der Waals surface area contributed by atoms with Crippen LogP contribution < -0.4 is 5.30 Å². The van der Waals surface area contributed by atoms with Gasteiger partial charge >= 0.3 is 0 Å². The molecular weight excluding hydrogens is 243 g/mol. The number of halogens is 1. The predicted octanol–water partition coefficient (Wildman–Crippen LogP) is 3.71. The van der Waals surface area contributed by atoms with E-state index in [4.69, 9.17) is 20.5 Å². The molecule has 1 aromatic carbocycles. The molecule has 0 bridgehead atoms. The van der Waals surface area contributed by atoms with E-state index >= 15 is 0 Å². The Morgan fingerprint density at radius 3 is 2.88 bits per heavy atom. The quantitative estimate of drug-likeness (QED) is 0.753. The van der Waals surface area contributed by atoms with E-state index in [9.17, 15) is 0 Å². The molecule has 1 aliphatic heterocycles. The van der Waals surface area contributed by atoms with Crippen LogP contribution in [0.3, 0.4) is 0 Å². The van der Waals surface area contributed by atoms with E-state index < -0.39 is 7.50 Å². The summed E-state index contributed by atoms with van der Waals surface area (Å²) in [6.45, 7) is 7.39. The Hall–Kier alpha value is -0.140. The lowest BCUT2D eigenvalue weighted by molar-refractivity contribution is -0.0146. The second kappa shape index (κ2) is 4.62. The Morgan fingerprint density at radius 1 is 1.44 bits per heavy atom. The van der Waals surface area contributed by atoms with Crippen LogP contribution in [0.5, 0.6) is 0 Å². The van der Waals surface area contributed by atoms with Gasteiger partial charge in [0.1, 0.15) is 0 Å². The van der Waals surface area contributed by atoms with Crippen molar-refractivity contribution in [1.29, 1.82) is 0 Å². The highest BCUT2D eigenvalue weighted by Gasteiger charge is 2.25. The van der Waals surface area contributed by atoms with Crippen molar-refractivity contribution < 1.29 is 9.26 Å². The van der Waals surface area contributed by atoms with Gasteiger partial charge in [0, 0.05) is 5.30 Å². The van der Waals surface area contributed by atoms with Gasteiger partial charge in [-0.25, -0.2) is 0 Å². The first-order valence-corrected chi connectivity index (χ1v) is 7.47. The van der Waals surface area contributed by atoms with E-state index in [2.05, 4.69) is 32.9 Å². The lowest BCUT2D eigenvalue weighted by Crippen LogP contribution is -2.21. The molecule has 4 heteroatoms. The molecule has 1 unspecified atom stereocenters. The zero-order valence-corrected chi connectivity index (χ0v) is 11.4. The average molecular weight is 259 g/mol. The Bertz CT molecular complexity index is 387. The molecule has 0 N–H and O–H groups in total. The first kappa shape index (κ1) is 12.3. The van der Waals surface area contributed by atoms with Crippen LogP contribution in [0.1, 0.15) is 31.9 Å². The largest absolute Gasteiger partial charge is 0.371 e. The molecule has 0 radical (unpaired) electrons. The van der Waals surface area contributed by atoms with Gasteiger partial charge in [0.25, 0.3) is 0 Å². The second-order valence-electron chi connectivity index (χ2n) is 4.84. The zero-order chi connectivity index (χ0) is 11.8. The Kier molecular flexibility index (Phi) is 3.56. The normalized spacial score (nSPS) is 19.9. The summed E-state index contributed by atoms with van der Waals surface area (Å²) in [4.78, 5) is 0. The number of fused-ring (bicyclic) bond motifs is 1. The molecule has 0 aliphatic carbocycles. The molecule has 16 heavy (non-hydrogen) atoms. The summed E-state index contributed by atoms with van der Waals surface area (Å²) in [5, 5.41) is 1.16. The molecule has 0 saturated heterocycles. The third kappa shape index (κ3) is 2.75. The summed E-state index contributed by atoms with van der Waals surface area (Å²) >= 11 is 6.18. The Balaban J connectivity index is 2.19. The molecule has 0 saturated carbocycles. The van der Waals surface area contributed by atoms with Crippen LogP contribution in [0.4, 0.5) is 0 Å². The van der Waals surface area contributed by atoms with Crippen LogP contribution >= 0.6 is 18.7 Å². The summed E-state index contributed by atoms with van der Waals surface area (Å²) in [5.74, 6) is 0. The molecule has 2 rings (SSSR count). The standard InChI is InChI=1S/C12H16ClO2P/c1-12(2,3)14-7-9-5-4-6-10-8-15-16(13)11(9)10/h4-6H,7-8H2,1-3H3. The van der Waals surface area contributed by atoms with Crippen molar-refractivity contribution in [3.05, 3.63) is 29.3 Å². The van der Waals surface area contributed by atoms with Crippen LogP contribution in [0.2, 0.25) is 0 Å². The van der Waals surface area contributed by atoms with Crippen LogP contribution in [0.15, 0.2) is 18.2 Å². The van der Waals surface area contributed by atoms with Gasteiger partial charge < -0.3 is 9.26 Å². The van der Waals surface area contributed by atoms with E-state index in [1.54, 1.807) is 0 Å². The summed E-state index contributed by atoms with van der Waals surface area (Å²) in [7, 11) is -0.957. The zero-order valence-electron chi connectivity index (χ0n) is 9.79. The number of rotatable bonds is 2. The van der Waals surface area contributed by atoms with Crippen molar-refractivity contribution in [3.63, 3.8) is 0 Å². The lowest BCUT2D eigenvalue weighted by atomic mass is 10.1.